The maximum atomic E-state index is 12.7. The van der Waals surface area contributed by atoms with Gasteiger partial charge in [-0.05, 0) is 30.4 Å². The zero-order chi connectivity index (χ0) is 19.1. The summed E-state index contributed by atoms with van der Waals surface area (Å²) in [5.41, 5.74) is 2.65. The Bertz CT molecular complexity index is 1010. The molecule has 7 heteroatoms. The Labute approximate surface area is 163 Å². The van der Waals surface area contributed by atoms with Crippen LogP contribution in [0.3, 0.4) is 0 Å². The molecule has 5 heterocycles. The summed E-state index contributed by atoms with van der Waals surface area (Å²) in [5.74, 6) is 0.215. The van der Waals surface area contributed by atoms with Gasteiger partial charge in [0.15, 0.2) is 5.78 Å². The predicted octanol–water partition coefficient (Wildman–Crippen LogP) is 2.01. The van der Waals surface area contributed by atoms with E-state index < -0.39 is 0 Å². The standard InChI is InChI=1S/C21H23N5O2/c1-25-10-16(9-24-25)21-5-14-4-17(22-7-15(14)8-23-21)6-20(27)11-26-18-2-3-19(26)13-28-12-18/h4-5,7-10,18-19H,2-3,6,11-13H2,1H3. The number of rotatable bonds is 5. The van der Waals surface area contributed by atoms with Crippen molar-refractivity contribution in [3.63, 3.8) is 0 Å². The molecule has 0 spiro atoms. The average Bonchev–Trinajstić information content (AvgIpc) is 3.20. The summed E-state index contributed by atoms with van der Waals surface area (Å²) in [4.78, 5) is 24.0. The quantitative estimate of drug-likeness (QED) is 0.677. The smallest absolute Gasteiger partial charge is 0.152 e. The second kappa shape index (κ2) is 7.07. The second-order valence-corrected chi connectivity index (χ2v) is 7.81. The summed E-state index contributed by atoms with van der Waals surface area (Å²) in [7, 11) is 1.89. The van der Waals surface area contributed by atoms with Crippen molar-refractivity contribution < 1.29 is 9.53 Å². The molecule has 2 aliphatic rings. The van der Waals surface area contributed by atoms with Crippen LogP contribution in [0.2, 0.25) is 0 Å². The number of pyridine rings is 2. The fourth-order valence-corrected chi connectivity index (χ4v) is 4.32. The van der Waals surface area contributed by atoms with E-state index in [1.54, 1.807) is 17.1 Å². The zero-order valence-electron chi connectivity index (χ0n) is 15.9. The van der Waals surface area contributed by atoms with Crippen molar-refractivity contribution in [1.82, 2.24) is 24.6 Å². The van der Waals surface area contributed by atoms with E-state index in [4.69, 9.17) is 4.74 Å². The first-order valence-electron chi connectivity index (χ1n) is 9.74. The van der Waals surface area contributed by atoms with Gasteiger partial charge in [0.25, 0.3) is 0 Å². The van der Waals surface area contributed by atoms with Crippen LogP contribution in [0.15, 0.2) is 36.9 Å². The van der Waals surface area contributed by atoms with E-state index in [1.165, 1.54) is 0 Å². The van der Waals surface area contributed by atoms with Gasteiger partial charge >= 0.3 is 0 Å². The molecule has 2 saturated heterocycles. The Kier molecular flexibility index (Phi) is 4.41. The van der Waals surface area contributed by atoms with Crippen molar-refractivity contribution >= 4 is 16.6 Å². The number of fused-ring (bicyclic) bond motifs is 3. The van der Waals surface area contributed by atoms with E-state index in [0.717, 1.165) is 53.8 Å². The highest BCUT2D eigenvalue weighted by Crippen LogP contribution is 2.28. The molecule has 7 nitrogen and oxygen atoms in total. The average molecular weight is 377 g/mol. The van der Waals surface area contributed by atoms with Crippen LogP contribution >= 0.6 is 0 Å². The third kappa shape index (κ3) is 3.31. The highest BCUT2D eigenvalue weighted by Gasteiger charge is 2.37. The molecule has 0 radical (unpaired) electrons. The fraction of sp³-hybridized carbons (Fsp3) is 0.429. The first-order chi connectivity index (χ1) is 13.7. The van der Waals surface area contributed by atoms with E-state index in [2.05, 4.69) is 20.0 Å². The van der Waals surface area contributed by atoms with Gasteiger partial charge in [0, 0.05) is 54.4 Å². The summed E-state index contributed by atoms with van der Waals surface area (Å²) >= 11 is 0. The molecule has 0 aromatic carbocycles. The lowest BCUT2D eigenvalue weighted by molar-refractivity contribution is -0.122. The van der Waals surface area contributed by atoms with Gasteiger partial charge in [0.05, 0.1) is 38.1 Å². The lowest BCUT2D eigenvalue weighted by Crippen LogP contribution is -2.48. The molecular weight excluding hydrogens is 354 g/mol. The summed E-state index contributed by atoms with van der Waals surface area (Å²) in [6, 6.07) is 4.84. The van der Waals surface area contributed by atoms with Crippen molar-refractivity contribution in [1.29, 1.82) is 0 Å². The summed E-state index contributed by atoms with van der Waals surface area (Å²) in [6.07, 6.45) is 9.99. The number of hydrogen-bond acceptors (Lipinski definition) is 6. The van der Waals surface area contributed by atoms with Crippen LogP contribution in [-0.4, -0.2) is 62.3 Å². The minimum Gasteiger partial charge on any atom is -0.378 e. The van der Waals surface area contributed by atoms with E-state index in [0.29, 0.717) is 25.0 Å². The number of Topliss-reactive ketones (excluding diaryl/α,β-unsaturated/α-hetero) is 1. The minimum atomic E-state index is 0.215. The van der Waals surface area contributed by atoms with Crippen LogP contribution in [0.4, 0.5) is 0 Å². The van der Waals surface area contributed by atoms with E-state index >= 15 is 0 Å². The van der Waals surface area contributed by atoms with Crippen molar-refractivity contribution in [3.8, 4) is 11.3 Å². The van der Waals surface area contributed by atoms with Crippen molar-refractivity contribution in [2.75, 3.05) is 19.8 Å². The molecule has 2 atom stereocenters. The van der Waals surface area contributed by atoms with Gasteiger partial charge in [-0.2, -0.15) is 5.10 Å². The largest absolute Gasteiger partial charge is 0.378 e. The van der Waals surface area contributed by atoms with Gasteiger partial charge in [-0.25, -0.2) is 0 Å². The highest BCUT2D eigenvalue weighted by atomic mass is 16.5. The first kappa shape index (κ1) is 17.5. The van der Waals surface area contributed by atoms with Crippen LogP contribution < -0.4 is 0 Å². The highest BCUT2D eigenvalue weighted by molar-refractivity contribution is 5.87. The zero-order valence-corrected chi connectivity index (χ0v) is 15.9. The van der Waals surface area contributed by atoms with Crippen molar-refractivity contribution in [2.45, 2.75) is 31.3 Å². The van der Waals surface area contributed by atoms with Gasteiger partial charge in [0.2, 0.25) is 0 Å². The third-order valence-electron chi connectivity index (χ3n) is 5.79. The number of morpholine rings is 1. The normalized spacial score (nSPS) is 22.0. The number of ether oxygens (including phenoxy) is 1. The molecule has 2 bridgehead atoms. The van der Waals surface area contributed by atoms with E-state index in [-0.39, 0.29) is 5.78 Å². The van der Waals surface area contributed by atoms with Crippen LogP contribution in [-0.2, 0) is 23.0 Å². The Hall–Kier alpha value is -2.64. The van der Waals surface area contributed by atoms with Crippen LogP contribution in [0.1, 0.15) is 18.5 Å². The number of aromatic nitrogens is 4. The molecule has 3 aromatic rings. The number of hydrogen-bond donors (Lipinski definition) is 0. The predicted molar refractivity (Wildman–Crippen MR) is 105 cm³/mol. The van der Waals surface area contributed by atoms with Gasteiger partial charge < -0.3 is 4.74 Å². The van der Waals surface area contributed by atoms with Crippen LogP contribution in [0.5, 0.6) is 0 Å². The fourth-order valence-electron chi connectivity index (χ4n) is 4.32. The summed E-state index contributed by atoms with van der Waals surface area (Å²) < 4.78 is 7.37. The van der Waals surface area contributed by atoms with E-state index in [9.17, 15) is 4.79 Å². The molecule has 5 rings (SSSR count). The topological polar surface area (TPSA) is 73.1 Å². The minimum absolute atomic E-state index is 0.215. The van der Waals surface area contributed by atoms with Crippen LogP contribution in [0, 0.1) is 0 Å². The first-order valence-corrected chi connectivity index (χ1v) is 9.74. The number of nitrogens with zero attached hydrogens (tertiary/aromatic N) is 5. The molecule has 2 fully saturated rings. The molecule has 0 saturated carbocycles. The molecule has 144 valence electrons. The Morgan fingerprint density at radius 1 is 1.11 bits per heavy atom. The molecule has 0 amide bonds. The third-order valence-corrected chi connectivity index (χ3v) is 5.79. The molecule has 2 aliphatic heterocycles. The van der Waals surface area contributed by atoms with Crippen molar-refractivity contribution in [3.05, 3.63) is 42.6 Å². The molecule has 0 aliphatic carbocycles. The van der Waals surface area contributed by atoms with E-state index in [1.807, 2.05) is 31.6 Å². The van der Waals surface area contributed by atoms with Gasteiger partial charge in [0.1, 0.15) is 0 Å². The monoisotopic (exact) mass is 377 g/mol. The molecule has 2 unspecified atom stereocenters. The van der Waals surface area contributed by atoms with Gasteiger partial charge in [-0.3, -0.25) is 24.3 Å². The second-order valence-electron chi connectivity index (χ2n) is 7.81. The SMILES string of the molecule is Cn1cc(-c2cc3cc(CC(=O)CN4C5CCC4COC5)ncc3cn2)cn1. The van der Waals surface area contributed by atoms with Gasteiger partial charge in [-0.15, -0.1) is 0 Å². The number of carbonyl (C=O) groups is 1. The van der Waals surface area contributed by atoms with Crippen molar-refractivity contribution in [2.24, 2.45) is 7.05 Å². The number of carbonyl (C=O) groups excluding carboxylic acids is 1. The Balaban J connectivity index is 1.33. The summed E-state index contributed by atoms with van der Waals surface area (Å²) in [6.45, 7) is 2.00. The lowest BCUT2D eigenvalue weighted by atomic mass is 10.1. The molecule has 0 N–H and O–H groups in total. The van der Waals surface area contributed by atoms with Crippen LogP contribution in [0.25, 0.3) is 22.0 Å². The molecule has 28 heavy (non-hydrogen) atoms. The summed E-state index contributed by atoms with van der Waals surface area (Å²) in [5, 5.41) is 6.22. The maximum absolute atomic E-state index is 12.7. The number of aryl methyl sites for hydroxylation is 1. The maximum Gasteiger partial charge on any atom is 0.152 e. The Morgan fingerprint density at radius 2 is 1.89 bits per heavy atom. The Morgan fingerprint density at radius 3 is 2.64 bits per heavy atom. The molecular formula is C21H23N5O2. The van der Waals surface area contributed by atoms with Gasteiger partial charge in [-0.1, -0.05) is 0 Å². The lowest BCUT2D eigenvalue weighted by Gasteiger charge is -2.33. The molecule has 3 aromatic heterocycles. The number of ketones is 1.